The zero-order chi connectivity index (χ0) is 13.4. The minimum Gasteiger partial charge on any atom is -0.436 e. The van der Waals surface area contributed by atoms with E-state index in [4.69, 9.17) is 4.42 Å². The fourth-order valence-corrected chi connectivity index (χ4v) is 2.04. The van der Waals surface area contributed by atoms with Gasteiger partial charge < -0.3 is 4.42 Å². The van der Waals surface area contributed by atoms with Crippen LogP contribution in [-0.4, -0.2) is 25.6 Å². The van der Waals surface area contributed by atoms with Gasteiger partial charge in [-0.1, -0.05) is 24.3 Å². The third-order valence-electron chi connectivity index (χ3n) is 3.03. The molecule has 0 unspecified atom stereocenters. The second-order valence-electron chi connectivity index (χ2n) is 4.30. The first-order chi connectivity index (χ1) is 9.90. The molecule has 0 radical (unpaired) electrons. The lowest BCUT2D eigenvalue weighted by Crippen LogP contribution is -1.82. The van der Waals surface area contributed by atoms with E-state index in [9.17, 15) is 0 Å². The van der Waals surface area contributed by atoms with Gasteiger partial charge in [0.2, 0.25) is 11.7 Å². The third-order valence-corrected chi connectivity index (χ3v) is 3.03. The zero-order valence-electron chi connectivity index (χ0n) is 10.7. The van der Waals surface area contributed by atoms with Gasteiger partial charge in [-0.05, 0) is 29.5 Å². The van der Waals surface area contributed by atoms with Crippen molar-refractivity contribution in [3.8, 4) is 22.8 Å². The molecule has 0 bridgehead atoms. The van der Waals surface area contributed by atoms with Crippen molar-refractivity contribution in [3.05, 3.63) is 48.5 Å². The van der Waals surface area contributed by atoms with Gasteiger partial charge in [0.05, 0.1) is 0 Å². The maximum absolute atomic E-state index is 5.72. The number of aromatic nitrogens is 5. The van der Waals surface area contributed by atoms with Crippen LogP contribution < -0.4 is 0 Å². The van der Waals surface area contributed by atoms with E-state index in [0.717, 1.165) is 22.2 Å². The lowest BCUT2D eigenvalue weighted by atomic mass is 10.1. The topological polar surface area (TPSA) is 80.5 Å². The molecule has 0 saturated carbocycles. The fourth-order valence-electron chi connectivity index (χ4n) is 2.04. The molecule has 7 heteroatoms. The molecule has 0 fully saturated rings. The molecule has 21 heavy (non-hydrogen) atoms. The molecule has 0 saturated heterocycles. The summed E-state index contributed by atoms with van der Waals surface area (Å²) in [5.41, 5.74) is 3.43. The Morgan fingerprint density at radius 3 is 2.38 bits per heavy atom. The van der Waals surface area contributed by atoms with Crippen LogP contribution in [0, 0.1) is 0 Å². The molecule has 1 N–H and O–H groups in total. The van der Waals surface area contributed by atoms with Crippen molar-refractivity contribution < 1.29 is 4.42 Å². The Hall–Kier alpha value is -2.73. The number of H-pyrrole nitrogens is 1. The van der Waals surface area contributed by atoms with E-state index >= 15 is 0 Å². The molecule has 0 spiro atoms. The maximum Gasteiger partial charge on any atom is 0.227 e. The van der Waals surface area contributed by atoms with Crippen LogP contribution >= 0.6 is 12.4 Å². The number of oxazole rings is 1. The fraction of sp³-hybridized carbons (Fsp3) is 0. The lowest BCUT2D eigenvalue weighted by Gasteiger charge is -1.97. The van der Waals surface area contributed by atoms with Gasteiger partial charge in [0, 0.05) is 11.1 Å². The molecule has 104 valence electrons. The van der Waals surface area contributed by atoms with Gasteiger partial charge in [-0.3, -0.25) is 0 Å². The van der Waals surface area contributed by atoms with E-state index in [0.29, 0.717) is 11.7 Å². The summed E-state index contributed by atoms with van der Waals surface area (Å²) in [7, 11) is 0. The summed E-state index contributed by atoms with van der Waals surface area (Å²) in [6, 6.07) is 15.4. The Morgan fingerprint density at radius 1 is 0.905 bits per heavy atom. The van der Waals surface area contributed by atoms with Crippen LogP contribution in [0.25, 0.3) is 33.9 Å². The molecule has 2 heterocycles. The molecule has 0 atom stereocenters. The predicted molar refractivity (Wildman–Crippen MR) is 79.9 cm³/mol. The smallest absolute Gasteiger partial charge is 0.227 e. The first-order valence-corrected chi connectivity index (χ1v) is 6.10. The number of hydrogen-bond donors (Lipinski definition) is 1. The SMILES string of the molecule is Cl.c1ccc2oc(-c3ccc(-c4nn[nH]n4)cc3)nc2c1. The van der Waals surface area contributed by atoms with Crippen molar-refractivity contribution in [2.24, 2.45) is 0 Å². The summed E-state index contributed by atoms with van der Waals surface area (Å²) in [6.07, 6.45) is 0. The number of para-hydroxylation sites is 2. The Balaban J connectivity index is 0.00000132. The normalized spacial score (nSPS) is 10.5. The van der Waals surface area contributed by atoms with Crippen LogP contribution in [0.4, 0.5) is 0 Å². The average molecular weight is 300 g/mol. The number of halogens is 1. The number of nitrogens with one attached hydrogen (secondary N) is 1. The predicted octanol–water partition coefficient (Wildman–Crippen LogP) is 3.10. The van der Waals surface area contributed by atoms with Crippen molar-refractivity contribution in [3.63, 3.8) is 0 Å². The van der Waals surface area contributed by atoms with E-state index in [1.54, 1.807) is 0 Å². The minimum atomic E-state index is 0. The van der Waals surface area contributed by atoms with Crippen molar-refractivity contribution in [1.82, 2.24) is 25.6 Å². The van der Waals surface area contributed by atoms with E-state index in [2.05, 4.69) is 25.6 Å². The van der Waals surface area contributed by atoms with Gasteiger partial charge in [-0.15, -0.1) is 22.6 Å². The summed E-state index contributed by atoms with van der Waals surface area (Å²) >= 11 is 0. The Kier molecular flexibility index (Phi) is 3.37. The van der Waals surface area contributed by atoms with Crippen LogP contribution in [0.2, 0.25) is 0 Å². The molecule has 2 aromatic carbocycles. The van der Waals surface area contributed by atoms with Gasteiger partial charge in [0.25, 0.3) is 0 Å². The molecule has 2 aromatic heterocycles. The number of aromatic amines is 1. The highest BCUT2D eigenvalue weighted by Crippen LogP contribution is 2.25. The second kappa shape index (κ2) is 5.34. The average Bonchev–Trinajstić information content (AvgIpc) is 3.17. The molecule has 0 aliphatic carbocycles. The van der Waals surface area contributed by atoms with Crippen LogP contribution in [0.5, 0.6) is 0 Å². The monoisotopic (exact) mass is 299 g/mol. The van der Waals surface area contributed by atoms with E-state index < -0.39 is 0 Å². The lowest BCUT2D eigenvalue weighted by molar-refractivity contribution is 0.620. The number of hydrogen-bond acceptors (Lipinski definition) is 5. The Morgan fingerprint density at radius 2 is 1.67 bits per heavy atom. The first-order valence-electron chi connectivity index (χ1n) is 6.10. The highest BCUT2D eigenvalue weighted by Gasteiger charge is 2.08. The van der Waals surface area contributed by atoms with Crippen LogP contribution in [0.1, 0.15) is 0 Å². The van der Waals surface area contributed by atoms with Crippen molar-refractivity contribution in [2.45, 2.75) is 0 Å². The Labute approximate surface area is 125 Å². The van der Waals surface area contributed by atoms with E-state index in [-0.39, 0.29) is 12.4 Å². The van der Waals surface area contributed by atoms with E-state index in [1.165, 1.54) is 0 Å². The number of nitrogens with zero attached hydrogens (tertiary/aromatic N) is 4. The summed E-state index contributed by atoms with van der Waals surface area (Å²) in [6.45, 7) is 0. The highest BCUT2D eigenvalue weighted by molar-refractivity contribution is 5.85. The molecule has 0 aliphatic heterocycles. The molecule has 0 amide bonds. The quantitative estimate of drug-likeness (QED) is 0.615. The molecule has 6 nitrogen and oxygen atoms in total. The summed E-state index contributed by atoms with van der Waals surface area (Å²) in [5.74, 6) is 1.17. The standard InChI is InChI=1S/C14H9N5O.ClH/c1-2-4-12-11(3-1)15-14(20-12)10-7-5-9(6-8-10)13-16-18-19-17-13;/h1-8H,(H,16,17,18,19);1H. The van der Waals surface area contributed by atoms with Gasteiger partial charge in [0.1, 0.15) is 5.52 Å². The molecule has 4 aromatic rings. The maximum atomic E-state index is 5.72. The largest absolute Gasteiger partial charge is 0.436 e. The highest BCUT2D eigenvalue weighted by atomic mass is 35.5. The summed E-state index contributed by atoms with van der Waals surface area (Å²) < 4.78 is 5.72. The van der Waals surface area contributed by atoms with Gasteiger partial charge in [-0.25, -0.2) is 4.98 Å². The summed E-state index contributed by atoms with van der Waals surface area (Å²) in [4.78, 5) is 4.46. The molecule has 4 rings (SSSR count). The van der Waals surface area contributed by atoms with Crippen LogP contribution in [0.3, 0.4) is 0 Å². The first kappa shape index (κ1) is 13.3. The number of fused-ring (bicyclic) bond motifs is 1. The molecular formula is C14H10ClN5O. The summed E-state index contributed by atoms with van der Waals surface area (Å²) in [5, 5.41) is 13.8. The third kappa shape index (κ3) is 2.36. The molecule has 0 aliphatic rings. The number of tetrazole rings is 1. The van der Waals surface area contributed by atoms with Crippen LogP contribution in [0.15, 0.2) is 52.9 Å². The second-order valence-corrected chi connectivity index (χ2v) is 4.30. The Bertz CT molecular complexity index is 822. The van der Waals surface area contributed by atoms with Crippen molar-refractivity contribution in [1.29, 1.82) is 0 Å². The van der Waals surface area contributed by atoms with Crippen LogP contribution in [-0.2, 0) is 0 Å². The van der Waals surface area contributed by atoms with E-state index in [1.807, 2.05) is 48.5 Å². The minimum absolute atomic E-state index is 0. The number of benzene rings is 2. The zero-order valence-corrected chi connectivity index (χ0v) is 11.5. The van der Waals surface area contributed by atoms with Crippen molar-refractivity contribution in [2.75, 3.05) is 0 Å². The van der Waals surface area contributed by atoms with Gasteiger partial charge >= 0.3 is 0 Å². The number of rotatable bonds is 2. The van der Waals surface area contributed by atoms with Gasteiger partial charge in [0.15, 0.2) is 5.58 Å². The molecular weight excluding hydrogens is 290 g/mol. The van der Waals surface area contributed by atoms with Gasteiger partial charge in [-0.2, -0.15) is 5.21 Å². The van der Waals surface area contributed by atoms with Crippen molar-refractivity contribution >= 4 is 23.5 Å².